The molecule has 0 aliphatic carbocycles. The Hall–Kier alpha value is -1.03. The van der Waals surface area contributed by atoms with Gasteiger partial charge in [-0.1, -0.05) is 0 Å². The zero-order chi connectivity index (χ0) is 8.72. The summed E-state index contributed by atoms with van der Waals surface area (Å²) < 4.78 is 4.09. The summed E-state index contributed by atoms with van der Waals surface area (Å²) in [6.45, 7) is 0. The molecular formula is C8H7BrN2O. The molecule has 0 unspecified atom stereocenters. The van der Waals surface area contributed by atoms with Gasteiger partial charge in [-0.2, -0.15) is 0 Å². The number of aryl methyl sites for hydroxylation is 1. The Balaban J connectivity index is 3.03. The third kappa shape index (κ3) is 0.914. The van der Waals surface area contributed by atoms with E-state index >= 15 is 0 Å². The molecule has 3 nitrogen and oxygen atoms in total. The van der Waals surface area contributed by atoms with E-state index in [0.717, 1.165) is 9.99 Å². The molecule has 2 heterocycles. The lowest BCUT2D eigenvalue weighted by Crippen LogP contribution is -2.22. The molecule has 4 heteroatoms. The highest BCUT2D eigenvalue weighted by molar-refractivity contribution is 9.10. The van der Waals surface area contributed by atoms with Crippen LogP contribution in [0.2, 0.25) is 0 Å². The van der Waals surface area contributed by atoms with Gasteiger partial charge < -0.3 is 4.57 Å². The van der Waals surface area contributed by atoms with Crippen LogP contribution in [0.4, 0.5) is 0 Å². The highest BCUT2D eigenvalue weighted by Crippen LogP contribution is 2.16. The summed E-state index contributed by atoms with van der Waals surface area (Å²) in [7, 11) is 1.73. The molecule has 0 fully saturated rings. The third-order valence-electron chi connectivity index (χ3n) is 1.84. The second kappa shape index (κ2) is 2.48. The molecule has 0 atom stereocenters. The third-order valence-corrected chi connectivity index (χ3v) is 2.51. The molecule has 2 aromatic heterocycles. The number of rotatable bonds is 0. The van der Waals surface area contributed by atoms with Crippen molar-refractivity contribution in [3.8, 4) is 0 Å². The summed E-state index contributed by atoms with van der Waals surface area (Å²) >= 11 is 3.36. The Bertz CT molecular complexity index is 483. The van der Waals surface area contributed by atoms with Gasteiger partial charge in [0.2, 0.25) is 0 Å². The van der Waals surface area contributed by atoms with Crippen molar-refractivity contribution >= 4 is 21.4 Å². The molecule has 12 heavy (non-hydrogen) atoms. The second-order valence-electron chi connectivity index (χ2n) is 2.63. The highest BCUT2D eigenvalue weighted by Gasteiger charge is 2.01. The summed E-state index contributed by atoms with van der Waals surface area (Å²) in [4.78, 5) is 11.4. The zero-order valence-electron chi connectivity index (χ0n) is 6.49. The fourth-order valence-corrected chi connectivity index (χ4v) is 1.60. The maximum Gasteiger partial charge on any atom is 0.332 e. The maximum atomic E-state index is 11.4. The van der Waals surface area contributed by atoms with E-state index in [-0.39, 0.29) is 5.69 Å². The maximum absolute atomic E-state index is 11.4. The molecule has 0 aliphatic heterocycles. The Labute approximate surface area is 77.4 Å². The lowest BCUT2D eigenvalue weighted by atomic mass is 10.5. The van der Waals surface area contributed by atoms with E-state index in [1.54, 1.807) is 28.4 Å². The van der Waals surface area contributed by atoms with E-state index in [9.17, 15) is 4.79 Å². The van der Waals surface area contributed by atoms with Gasteiger partial charge in [0.05, 0.1) is 5.52 Å². The van der Waals surface area contributed by atoms with Crippen molar-refractivity contribution in [2.45, 2.75) is 0 Å². The monoisotopic (exact) mass is 226 g/mol. The molecule has 0 N–H and O–H groups in total. The van der Waals surface area contributed by atoms with Crippen molar-refractivity contribution in [2.75, 3.05) is 0 Å². The van der Waals surface area contributed by atoms with E-state index in [2.05, 4.69) is 15.9 Å². The van der Waals surface area contributed by atoms with Gasteiger partial charge in [0, 0.05) is 23.9 Å². The SMILES string of the molecule is Cn1ccc2c(Br)ccn2c1=O. The Morgan fingerprint density at radius 3 is 2.83 bits per heavy atom. The van der Waals surface area contributed by atoms with Crippen molar-refractivity contribution in [3.05, 3.63) is 39.5 Å². The van der Waals surface area contributed by atoms with Gasteiger partial charge in [0.15, 0.2) is 0 Å². The topological polar surface area (TPSA) is 26.4 Å². The van der Waals surface area contributed by atoms with E-state index in [4.69, 9.17) is 0 Å². The molecule has 0 amide bonds. The van der Waals surface area contributed by atoms with E-state index in [1.807, 2.05) is 12.1 Å². The molecule has 0 saturated carbocycles. The van der Waals surface area contributed by atoms with Crippen LogP contribution in [-0.2, 0) is 7.05 Å². The van der Waals surface area contributed by atoms with Crippen LogP contribution in [0.25, 0.3) is 5.52 Å². The number of aromatic nitrogens is 2. The number of hydrogen-bond donors (Lipinski definition) is 0. The van der Waals surface area contributed by atoms with Gasteiger partial charge in [0.25, 0.3) is 0 Å². The van der Waals surface area contributed by atoms with Gasteiger partial charge in [-0.3, -0.25) is 4.40 Å². The van der Waals surface area contributed by atoms with Crippen molar-refractivity contribution < 1.29 is 0 Å². The summed E-state index contributed by atoms with van der Waals surface area (Å²) in [6.07, 6.45) is 3.50. The highest BCUT2D eigenvalue weighted by atomic mass is 79.9. The van der Waals surface area contributed by atoms with Crippen molar-refractivity contribution in [3.63, 3.8) is 0 Å². The molecule has 0 saturated heterocycles. The van der Waals surface area contributed by atoms with Crippen molar-refractivity contribution in [1.29, 1.82) is 0 Å². The largest absolute Gasteiger partial charge is 0.332 e. The number of nitrogens with zero attached hydrogens (tertiary/aromatic N) is 2. The van der Waals surface area contributed by atoms with Crippen LogP contribution in [0.5, 0.6) is 0 Å². The van der Waals surface area contributed by atoms with Crippen LogP contribution in [0.15, 0.2) is 33.8 Å². The first-order chi connectivity index (χ1) is 5.70. The molecule has 0 radical (unpaired) electrons. The molecular weight excluding hydrogens is 220 g/mol. The predicted octanol–water partition coefficient (Wildman–Crippen LogP) is 1.40. The van der Waals surface area contributed by atoms with Crippen molar-refractivity contribution in [1.82, 2.24) is 8.97 Å². The van der Waals surface area contributed by atoms with E-state index in [0.29, 0.717) is 0 Å². The zero-order valence-corrected chi connectivity index (χ0v) is 8.08. The van der Waals surface area contributed by atoms with Crippen LogP contribution in [0, 0.1) is 0 Å². The predicted molar refractivity (Wildman–Crippen MR) is 50.3 cm³/mol. The van der Waals surface area contributed by atoms with Crippen LogP contribution >= 0.6 is 15.9 Å². The summed E-state index contributed by atoms with van der Waals surface area (Å²) in [6, 6.07) is 3.75. The van der Waals surface area contributed by atoms with Gasteiger partial charge in [-0.05, 0) is 28.1 Å². The van der Waals surface area contributed by atoms with Crippen molar-refractivity contribution in [2.24, 2.45) is 7.05 Å². The van der Waals surface area contributed by atoms with Gasteiger partial charge in [-0.25, -0.2) is 4.79 Å². The first kappa shape index (κ1) is 7.61. The quantitative estimate of drug-likeness (QED) is 0.668. The lowest BCUT2D eigenvalue weighted by Gasteiger charge is -1.98. The molecule has 62 valence electrons. The number of fused-ring (bicyclic) bond motifs is 1. The Morgan fingerprint density at radius 2 is 2.08 bits per heavy atom. The first-order valence-electron chi connectivity index (χ1n) is 3.52. The normalized spacial score (nSPS) is 10.8. The Kier molecular flexibility index (Phi) is 1.58. The minimum atomic E-state index is -0.0294. The smallest absolute Gasteiger partial charge is 0.303 e. The summed E-state index contributed by atoms with van der Waals surface area (Å²) in [5, 5.41) is 0. The second-order valence-corrected chi connectivity index (χ2v) is 3.48. The fraction of sp³-hybridized carbons (Fsp3) is 0.125. The fourth-order valence-electron chi connectivity index (χ4n) is 1.16. The van der Waals surface area contributed by atoms with Crippen LogP contribution in [0.1, 0.15) is 0 Å². The average Bonchev–Trinajstić information content (AvgIpc) is 2.41. The molecule has 0 spiro atoms. The minimum Gasteiger partial charge on any atom is -0.303 e. The van der Waals surface area contributed by atoms with E-state index in [1.165, 1.54) is 0 Å². The minimum absolute atomic E-state index is 0.0294. The van der Waals surface area contributed by atoms with Crippen LogP contribution in [-0.4, -0.2) is 8.97 Å². The van der Waals surface area contributed by atoms with Gasteiger partial charge in [0.1, 0.15) is 0 Å². The van der Waals surface area contributed by atoms with E-state index < -0.39 is 0 Å². The molecule has 0 bridgehead atoms. The summed E-state index contributed by atoms with van der Waals surface area (Å²) in [5.41, 5.74) is 0.872. The van der Waals surface area contributed by atoms with Crippen LogP contribution < -0.4 is 5.69 Å². The van der Waals surface area contributed by atoms with Crippen LogP contribution in [0.3, 0.4) is 0 Å². The first-order valence-corrected chi connectivity index (χ1v) is 4.31. The average molecular weight is 227 g/mol. The standard InChI is InChI=1S/C8H7BrN2O/c1-10-4-3-7-6(9)2-5-11(7)8(10)12/h2-5H,1H3. The molecule has 2 rings (SSSR count). The van der Waals surface area contributed by atoms with Gasteiger partial charge >= 0.3 is 5.69 Å². The lowest BCUT2D eigenvalue weighted by molar-refractivity contribution is 0.791. The molecule has 2 aromatic rings. The number of hydrogen-bond acceptors (Lipinski definition) is 1. The molecule has 0 aromatic carbocycles. The Morgan fingerprint density at radius 1 is 1.33 bits per heavy atom. The number of halogens is 1. The summed E-state index contributed by atoms with van der Waals surface area (Å²) in [5.74, 6) is 0. The molecule has 0 aliphatic rings. The van der Waals surface area contributed by atoms with Gasteiger partial charge in [-0.15, -0.1) is 0 Å².